The third-order valence-electron chi connectivity index (χ3n) is 5.07. The molecule has 0 unspecified atom stereocenters. The fourth-order valence-corrected chi connectivity index (χ4v) is 4.05. The van der Waals surface area contributed by atoms with E-state index in [1.54, 1.807) is 25.2 Å². The van der Waals surface area contributed by atoms with Gasteiger partial charge in [-0.25, -0.2) is 0 Å². The molecule has 1 N–H and O–H groups in total. The molecule has 0 saturated carbocycles. The Morgan fingerprint density at radius 2 is 1.66 bits per heavy atom. The van der Waals surface area contributed by atoms with Gasteiger partial charge in [-0.3, -0.25) is 9.59 Å². The first-order valence-corrected chi connectivity index (χ1v) is 11.1. The Hall–Kier alpha value is -3.12. The first-order chi connectivity index (χ1) is 15.2. The van der Waals surface area contributed by atoms with Crippen molar-refractivity contribution in [2.75, 3.05) is 18.9 Å². The summed E-state index contributed by atoms with van der Waals surface area (Å²) >= 11 is 3.45. The van der Waals surface area contributed by atoms with Crippen LogP contribution in [0.1, 0.15) is 32.6 Å². The Bertz CT molecular complexity index is 1120. The van der Waals surface area contributed by atoms with Crippen molar-refractivity contribution in [3.63, 3.8) is 0 Å². The van der Waals surface area contributed by atoms with Crippen LogP contribution in [0, 0.1) is 20.8 Å². The quantitative estimate of drug-likeness (QED) is 0.460. The van der Waals surface area contributed by atoms with Gasteiger partial charge in [-0.1, -0.05) is 57.9 Å². The molecule has 3 aromatic rings. The van der Waals surface area contributed by atoms with Crippen LogP contribution in [0.2, 0.25) is 0 Å². The molecular weight excluding hydrogens is 468 g/mol. The van der Waals surface area contributed by atoms with Gasteiger partial charge in [-0.2, -0.15) is 0 Å². The lowest BCUT2D eigenvalue weighted by Gasteiger charge is -2.20. The molecule has 32 heavy (non-hydrogen) atoms. The number of amides is 2. The van der Waals surface area contributed by atoms with Crippen molar-refractivity contribution < 1.29 is 14.3 Å². The summed E-state index contributed by atoms with van der Waals surface area (Å²) in [5.41, 5.74) is 5.33. The molecule has 0 radical (unpaired) electrons. The number of hydrogen-bond donors (Lipinski definition) is 1. The Morgan fingerprint density at radius 1 is 0.969 bits per heavy atom. The summed E-state index contributed by atoms with van der Waals surface area (Å²) in [4.78, 5) is 27.1. The van der Waals surface area contributed by atoms with E-state index in [4.69, 9.17) is 4.74 Å². The number of rotatable bonds is 7. The molecule has 0 aromatic heterocycles. The predicted octanol–water partition coefficient (Wildman–Crippen LogP) is 5.66. The number of para-hydroxylation sites is 1. The van der Waals surface area contributed by atoms with Crippen molar-refractivity contribution in [2.45, 2.75) is 27.4 Å². The van der Waals surface area contributed by atoms with Crippen LogP contribution in [-0.4, -0.2) is 30.3 Å². The van der Waals surface area contributed by atoms with Crippen molar-refractivity contribution in [3.05, 3.63) is 93.0 Å². The van der Waals surface area contributed by atoms with Crippen LogP contribution < -0.4 is 10.1 Å². The van der Waals surface area contributed by atoms with Gasteiger partial charge in [0.2, 0.25) is 5.91 Å². The molecule has 0 heterocycles. The maximum atomic E-state index is 13.1. The third kappa shape index (κ3) is 5.98. The average molecular weight is 495 g/mol. The second kappa shape index (κ2) is 10.5. The topological polar surface area (TPSA) is 58.6 Å². The summed E-state index contributed by atoms with van der Waals surface area (Å²) in [5, 5.41) is 2.94. The number of nitrogens with one attached hydrogen (secondary N) is 1. The first kappa shape index (κ1) is 23.5. The lowest BCUT2D eigenvalue weighted by atomic mass is 10.1. The number of halogens is 1. The highest BCUT2D eigenvalue weighted by molar-refractivity contribution is 9.10. The molecule has 0 atom stereocenters. The van der Waals surface area contributed by atoms with E-state index in [2.05, 4.69) is 21.2 Å². The van der Waals surface area contributed by atoms with Gasteiger partial charge in [0.15, 0.2) is 0 Å². The van der Waals surface area contributed by atoms with Gasteiger partial charge < -0.3 is 15.0 Å². The predicted molar refractivity (Wildman–Crippen MR) is 131 cm³/mol. The SMILES string of the molecule is Cc1cc(C)c(NC(=O)CN(C)C(=O)c2ccccc2OCc2cccc(Br)c2)c(C)c1. The van der Waals surface area contributed by atoms with Crippen LogP contribution in [0.15, 0.2) is 65.1 Å². The van der Waals surface area contributed by atoms with E-state index in [0.717, 1.165) is 32.4 Å². The van der Waals surface area contributed by atoms with E-state index in [0.29, 0.717) is 17.9 Å². The molecule has 5 nitrogen and oxygen atoms in total. The van der Waals surface area contributed by atoms with Gasteiger partial charge in [0.1, 0.15) is 12.4 Å². The molecule has 0 bridgehead atoms. The average Bonchev–Trinajstić information content (AvgIpc) is 2.74. The smallest absolute Gasteiger partial charge is 0.257 e. The molecule has 0 aliphatic heterocycles. The van der Waals surface area contributed by atoms with E-state index >= 15 is 0 Å². The summed E-state index contributed by atoms with van der Waals surface area (Å²) in [6.45, 7) is 6.21. The van der Waals surface area contributed by atoms with Crippen LogP contribution in [-0.2, 0) is 11.4 Å². The van der Waals surface area contributed by atoms with E-state index in [1.165, 1.54) is 4.90 Å². The fourth-order valence-electron chi connectivity index (χ4n) is 3.61. The standard InChI is InChI=1S/C26H27BrN2O3/c1-17-12-18(2)25(19(3)13-17)28-24(30)15-29(4)26(31)22-10-5-6-11-23(22)32-16-20-8-7-9-21(27)14-20/h5-14H,15-16H2,1-4H3,(H,28,30). The van der Waals surface area contributed by atoms with E-state index in [-0.39, 0.29) is 18.4 Å². The second-order valence-corrected chi connectivity index (χ2v) is 8.81. The molecule has 0 fully saturated rings. The maximum absolute atomic E-state index is 13.1. The molecule has 6 heteroatoms. The Kier molecular flexibility index (Phi) is 7.70. The largest absolute Gasteiger partial charge is 0.488 e. The number of anilines is 1. The number of nitrogens with zero attached hydrogens (tertiary/aromatic N) is 1. The monoisotopic (exact) mass is 494 g/mol. The number of carbonyl (C=O) groups is 2. The summed E-state index contributed by atoms with van der Waals surface area (Å²) < 4.78 is 6.89. The summed E-state index contributed by atoms with van der Waals surface area (Å²) in [6, 6.07) is 18.9. The zero-order valence-electron chi connectivity index (χ0n) is 18.7. The molecule has 0 aliphatic rings. The minimum absolute atomic E-state index is 0.0639. The number of ether oxygens (including phenoxy) is 1. The van der Waals surface area contributed by atoms with Gasteiger partial charge in [0.05, 0.1) is 12.1 Å². The first-order valence-electron chi connectivity index (χ1n) is 10.3. The highest BCUT2D eigenvalue weighted by atomic mass is 79.9. The zero-order chi connectivity index (χ0) is 23.3. The summed E-state index contributed by atoms with van der Waals surface area (Å²) in [6.07, 6.45) is 0. The number of aryl methyl sites for hydroxylation is 3. The van der Waals surface area contributed by atoms with Crippen molar-refractivity contribution in [2.24, 2.45) is 0 Å². The molecule has 3 aromatic carbocycles. The fraction of sp³-hybridized carbons (Fsp3) is 0.231. The molecule has 0 saturated heterocycles. The lowest BCUT2D eigenvalue weighted by molar-refractivity contribution is -0.116. The van der Waals surface area contributed by atoms with Crippen LogP contribution in [0.4, 0.5) is 5.69 Å². The van der Waals surface area contributed by atoms with Crippen molar-refractivity contribution in [1.29, 1.82) is 0 Å². The van der Waals surface area contributed by atoms with Gasteiger partial charge in [-0.05, 0) is 61.7 Å². The van der Waals surface area contributed by atoms with Crippen LogP contribution in [0.5, 0.6) is 5.75 Å². The van der Waals surface area contributed by atoms with E-state index in [9.17, 15) is 9.59 Å². The van der Waals surface area contributed by atoms with Gasteiger partial charge >= 0.3 is 0 Å². The molecule has 0 aliphatic carbocycles. The van der Waals surface area contributed by atoms with Gasteiger partial charge in [0, 0.05) is 17.2 Å². The minimum atomic E-state index is -0.276. The number of hydrogen-bond acceptors (Lipinski definition) is 3. The Morgan fingerprint density at radius 3 is 2.34 bits per heavy atom. The number of likely N-dealkylation sites (N-methyl/N-ethyl adjacent to an activating group) is 1. The molecular formula is C26H27BrN2O3. The normalized spacial score (nSPS) is 10.5. The maximum Gasteiger partial charge on any atom is 0.257 e. The Labute approximate surface area is 197 Å². The Balaban J connectivity index is 1.67. The highest BCUT2D eigenvalue weighted by Gasteiger charge is 2.19. The zero-order valence-corrected chi connectivity index (χ0v) is 20.3. The van der Waals surface area contributed by atoms with Gasteiger partial charge in [-0.15, -0.1) is 0 Å². The van der Waals surface area contributed by atoms with Crippen LogP contribution in [0.3, 0.4) is 0 Å². The molecule has 3 rings (SSSR count). The van der Waals surface area contributed by atoms with E-state index < -0.39 is 0 Å². The van der Waals surface area contributed by atoms with Crippen molar-refractivity contribution in [1.82, 2.24) is 4.90 Å². The van der Waals surface area contributed by atoms with Crippen LogP contribution in [0.25, 0.3) is 0 Å². The number of carbonyl (C=O) groups excluding carboxylic acids is 2. The van der Waals surface area contributed by atoms with Crippen LogP contribution >= 0.6 is 15.9 Å². The number of benzene rings is 3. The van der Waals surface area contributed by atoms with Crippen molar-refractivity contribution >= 4 is 33.4 Å². The third-order valence-corrected chi connectivity index (χ3v) is 5.56. The molecule has 0 spiro atoms. The molecule has 2 amide bonds. The van der Waals surface area contributed by atoms with Crippen molar-refractivity contribution in [3.8, 4) is 5.75 Å². The van der Waals surface area contributed by atoms with Gasteiger partial charge in [0.25, 0.3) is 5.91 Å². The molecule has 166 valence electrons. The summed E-state index contributed by atoms with van der Waals surface area (Å²) in [7, 11) is 1.61. The minimum Gasteiger partial charge on any atom is -0.488 e. The van der Waals surface area contributed by atoms with E-state index in [1.807, 2.05) is 63.2 Å². The summed E-state index contributed by atoms with van der Waals surface area (Å²) in [5.74, 6) is -0.0410. The highest BCUT2D eigenvalue weighted by Crippen LogP contribution is 2.23. The second-order valence-electron chi connectivity index (χ2n) is 7.90. The lowest BCUT2D eigenvalue weighted by Crippen LogP contribution is -2.35.